The molecule has 0 amide bonds. The Kier molecular flexibility index (Phi) is 10.8. The quantitative estimate of drug-likeness (QED) is 0.426. The number of hydrogen-bond acceptors (Lipinski definition) is 4. The molecule has 0 saturated carbocycles. The van der Waals surface area contributed by atoms with Crippen molar-refractivity contribution < 1.29 is 19.1 Å². The first kappa shape index (κ1) is 20.8. The van der Waals surface area contributed by atoms with Gasteiger partial charge in [-0.1, -0.05) is 25.5 Å². The van der Waals surface area contributed by atoms with Gasteiger partial charge in [-0.25, -0.2) is 0 Å². The van der Waals surface area contributed by atoms with Gasteiger partial charge in [0.1, 0.15) is 11.9 Å². The van der Waals surface area contributed by atoms with E-state index in [1.807, 2.05) is 13.8 Å². The second-order valence-electron chi connectivity index (χ2n) is 6.57. The molecule has 0 aliphatic heterocycles. The number of Topliss-reactive ketones (excluding diaryl/α,β-unsaturated/α-hetero) is 1. The van der Waals surface area contributed by atoms with Crippen LogP contribution in [0, 0.1) is 5.92 Å². The summed E-state index contributed by atoms with van der Waals surface area (Å²) in [5.41, 5.74) is 1.26. The van der Waals surface area contributed by atoms with Crippen LogP contribution in [0.2, 0.25) is 0 Å². The number of carbonyl (C=O) groups is 2. The van der Waals surface area contributed by atoms with E-state index in [0.29, 0.717) is 18.8 Å². The van der Waals surface area contributed by atoms with Crippen molar-refractivity contribution in [2.45, 2.75) is 78.9 Å². The molecule has 0 aromatic heterocycles. The van der Waals surface area contributed by atoms with Crippen LogP contribution in [0.25, 0.3) is 0 Å². The van der Waals surface area contributed by atoms with Gasteiger partial charge in [-0.15, -0.1) is 0 Å². The minimum atomic E-state index is -0.319. The molecular formula is C18H32O4. The first-order valence-electron chi connectivity index (χ1n) is 8.09. The lowest BCUT2D eigenvalue weighted by Gasteiger charge is -2.20. The molecular weight excluding hydrogens is 280 g/mol. The lowest BCUT2D eigenvalue weighted by molar-refractivity contribution is -0.153. The zero-order valence-corrected chi connectivity index (χ0v) is 15.0. The number of rotatable bonds is 11. The fourth-order valence-electron chi connectivity index (χ4n) is 2.30. The lowest BCUT2D eigenvalue weighted by atomic mass is 10.0. The Bertz CT molecular complexity index is 367. The predicted octanol–water partition coefficient (Wildman–Crippen LogP) is 4.07. The minimum absolute atomic E-state index is 0.0466. The Labute approximate surface area is 135 Å². The van der Waals surface area contributed by atoms with Gasteiger partial charge in [0.05, 0.1) is 12.5 Å². The summed E-state index contributed by atoms with van der Waals surface area (Å²) in [5, 5.41) is 0. The van der Waals surface area contributed by atoms with Gasteiger partial charge in [0.25, 0.3) is 0 Å². The molecule has 0 aromatic carbocycles. The number of hydrogen-bond donors (Lipinski definition) is 0. The van der Waals surface area contributed by atoms with Gasteiger partial charge in [0, 0.05) is 13.5 Å². The second-order valence-corrected chi connectivity index (χ2v) is 6.57. The Morgan fingerprint density at radius 1 is 1.05 bits per heavy atom. The summed E-state index contributed by atoms with van der Waals surface area (Å²) in [7, 11) is 1.61. The van der Waals surface area contributed by atoms with E-state index in [2.05, 4.69) is 19.9 Å². The number of methoxy groups -OCH3 is 1. The van der Waals surface area contributed by atoms with Crippen molar-refractivity contribution >= 4 is 11.8 Å². The molecule has 0 fully saturated rings. The van der Waals surface area contributed by atoms with Crippen LogP contribution in [-0.4, -0.2) is 31.1 Å². The van der Waals surface area contributed by atoms with E-state index in [-0.39, 0.29) is 30.4 Å². The van der Waals surface area contributed by atoms with Gasteiger partial charge in [0.2, 0.25) is 0 Å². The van der Waals surface area contributed by atoms with Crippen LogP contribution in [0.1, 0.15) is 66.7 Å². The largest absolute Gasteiger partial charge is 0.462 e. The van der Waals surface area contributed by atoms with Crippen molar-refractivity contribution in [2.24, 2.45) is 5.92 Å². The van der Waals surface area contributed by atoms with E-state index in [1.54, 1.807) is 7.11 Å². The van der Waals surface area contributed by atoms with Crippen LogP contribution in [0.5, 0.6) is 0 Å². The maximum Gasteiger partial charge on any atom is 0.308 e. The number of esters is 1. The second kappa shape index (κ2) is 11.4. The average Bonchev–Trinajstić information content (AvgIpc) is 2.35. The molecule has 0 radical (unpaired) electrons. The summed E-state index contributed by atoms with van der Waals surface area (Å²) in [6.07, 6.45) is 4.59. The SMILES string of the molecule is CO[C@@H](CCC=C(C)C)CC(=O)O[C@H](CC(C)=O)CC(C)C. The molecule has 0 spiro atoms. The fourth-order valence-corrected chi connectivity index (χ4v) is 2.30. The summed E-state index contributed by atoms with van der Waals surface area (Å²) in [4.78, 5) is 23.3. The van der Waals surface area contributed by atoms with Crippen molar-refractivity contribution in [2.75, 3.05) is 7.11 Å². The smallest absolute Gasteiger partial charge is 0.308 e. The highest BCUT2D eigenvalue weighted by Crippen LogP contribution is 2.15. The number of ketones is 1. The van der Waals surface area contributed by atoms with E-state index in [1.165, 1.54) is 12.5 Å². The van der Waals surface area contributed by atoms with E-state index in [4.69, 9.17) is 9.47 Å². The predicted molar refractivity (Wildman–Crippen MR) is 88.7 cm³/mol. The topological polar surface area (TPSA) is 52.6 Å². The van der Waals surface area contributed by atoms with Gasteiger partial charge >= 0.3 is 5.97 Å². The number of carbonyl (C=O) groups excluding carboxylic acids is 2. The van der Waals surface area contributed by atoms with Crippen LogP contribution in [0.3, 0.4) is 0 Å². The molecule has 4 heteroatoms. The first-order chi connectivity index (χ1) is 10.2. The first-order valence-corrected chi connectivity index (χ1v) is 8.09. The Morgan fingerprint density at radius 3 is 2.14 bits per heavy atom. The molecule has 2 atom stereocenters. The van der Waals surface area contributed by atoms with Crippen LogP contribution < -0.4 is 0 Å². The third-order valence-corrected chi connectivity index (χ3v) is 3.32. The van der Waals surface area contributed by atoms with E-state index < -0.39 is 0 Å². The standard InChI is InChI=1S/C18H32O4/c1-13(2)8-7-9-16(21-6)12-18(20)22-17(10-14(3)4)11-15(5)19/h8,14,16-17H,7,9-12H2,1-6H3/t16-,17-/m0/s1. The highest BCUT2D eigenvalue weighted by Gasteiger charge is 2.20. The zero-order chi connectivity index (χ0) is 17.1. The minimum Gasteiger partial charge on any atom is -0.462 e. The van der Waals surface area contributed by atoms with Crippen molar-refractivity contribution in [3.63, 3.8) is 0 Å². The molecule has 0 rings (SSSR count). The van der Waals surface area contributed by atoms with Gasteiger partial charge in [0.15, 0.2) is 0 Å². The van der Waals surface area contributed by atoms with Crippen LogP contribution in [-0.2, 0) is 19.1 Å². The van der Waals surface area contributed by atoms with Crippen molar-refractivity contribution in [3.05, 3.63) is 11.6 Å². The lowest BCUT2D eigenvalue weighted by Crippen LogP contribution is -2.25. The zero-order valence-electron chi connectivity index (χ0n) is 15.0. The highest BCUT2D eigenvalue weighted by atomic mass is 16.5. The summed E-state index contributed by atoms with van der Waals surface area (Å²) in [5.74, 6) is 0.147. The third kappa shape index (κ3) is 11.5. The molecule has 0 aliphatic carbocycles. The maximum atomic E-state index is 12.1. The summed E-state index contributed by atoms with van der Waals surface area (Å²) >= 11 is 0. The molecule has 0 unspecified atom stereocenters. The monoisotopic (exact) mass is 312 g/mol. The van der Waals surface area contributed by atoms with E-state index in [9.17, 15) is 9.59 Å². The molecule has 128 valence electrons. The van der Waals surface area contributed by atoms with Gasteiger partial charge < -0.3 is 9.47 Å². The molecule has 0 aromatic rings. The Balaban J connectivity index is 4.39. The van der Waals surface area contributed by atoms with E-state index in [0.717, 1.165) is 12.8 Å². The molecule has 0 saturated heterocycles. The van der Waals surface area contributed by atoms with Gasteiger partial charge in [-0.2, -0.15) is 0 Å². The summed E-state index contributed by atoms with van der Waals surface area (Å²) < 4.78 is 10.8. The number of ether oxygens (including phenoxy) is 2. The van der Waals surface area contributed by atoms with Crippen molar-refractivity contribution in [1.29, 1.82) is 0 Å². The highest BCUT2D eigenvalue weighted by molar-refractivity contribution is 5.77. The van der Waals surface area contributed by atoms with Crippen molar-refractivity contribution in [1.82, 2.24) is 0 Å². The van der Waals surface area contributed by atoms with Gasteiger partial charge in [-0.05, 0) is 46.0 Å². The summed E-state index contributed by atoms with van der Waals surface area (Å²) in [6, 6.07) is 0. The molecule has 0 heterocycles. The van der Waals surface area contributed by atoms with Crippen LogP contribution >= 0.6 is 0 Å². The van der Waals surface area contributed by atoms with Gasteiger partial charge in [-0.3, -0.25) is 9.59 Å². The maximum absolute atomic E-state index is 12.1. The molecule has 0 N–H and O–H groups in total. The molecule has 22 heavy (non-hydrogen) atoms. The normalized spacial score (nSPS) is 13.6. The molecule has 4 nitrogen and oxygen atoms in total. The molecule has 0 aliphatic rings. The average molecular weight is 312 g/mol. The fraction of sp³-hybridized carbons (Fsp3) is 0.778. The Hall–Kier alpha value is -1.16. The van der Waals surface area contributed by atoms with Crippen LogP contribution in [0.15, 0.2) is 11.6 Å². The summed E-state index contributed by atoms with van der Waals surface area (Å²) in [6.45, 7) is 9.73. The number of allylic oxidation sites excluding steroid dienone is 2. The van der Waals surface area contributed by atoms with Crippen molar-refractivity contribution in [3.8, 4) is 0 Å². The van der Waals surface area contributed by atoms with Crippen LogP contribution in [0.4, 0.5) is 0 Å². The van der Waals surface area contributed by atoms with E-state index >= 15 is 0 Å². The molecule has 0 bridgehead atoms. The Morgan fingerprint density at radius 2 is 1.68 bits per heavy atom. The third-order valence-electron chi connectivity index (χ3n) is 3.32.